The Morgan fingerprint density at radius 2 is 2.05 bits per heavy atom. The minimum absolute atomic E-state index is 0.0429. The van der Waals surface area contributed by atoms with Crippen LogP contribution in [0.15, 0.2) is 24.3 Å². The SMILES string of the molecule is O=C(O)C[C@H]1CCCN1C(=O)N1CCc2ccccc21. The van der Waals surface area contributed by atoms with Gasteiger partial charge in [0, 0.05) is 24.8 Å². The number of hydrogen-bond acceptors (Lipinski definition) is 2. The smallest absolute Gasteiger partial charge is 0.324 e. The highest BCUT2D eigenvalue weighted by Gasteiger charge is 2.35. The maximum absolute atomic E-state index is 12.7. The van der Waals surface area contributed by atoms with E-state index in [-0.39, 0.29) is 18.5 Å². The van der Waals surface area contributed by atoms with Gasteiger partial charge in [0.25, 0.3) is 0 Å². The Bertz CT molecular complexity index is 544. The Labute approximate surface area is 117 Å². The normalized spacial score (nSPS) is 21.1. The molecule has 0 spiro atoms. The summed E-state index contributed by atoms with van der Waals surface area (Å²) in [5.41, 5.74) is 2.16. The van der Waals surface area contributed by atoms with E-state index in [2.05, 4.69) is 0 Å². The van der Waals surface area contributed by atoms with Crippen molar-refractivity contribution in [3.8, 4) is 0 Å². The van der Waals surface area contributed by atoms with Crippen LogP contribution in [-0.2, 0) is 11.2 Å². The second kappa shape index (κ2) is 5.15. The second-order valence-electron chi connectivity index (χ2n) is 5.40. The van der Waals surface area contributed by atoms with Crippen molar-refractivity contribution in [1.29, 1.82) is 0 Å². The van der Waals surface area contributed by atoms with Crippen LogP contribution in [0.1, 0.15) is 24.8 Å². The molecule has 1 N–H and O–H groups in total. The van der Waals surface area contributed by atoms with Crippen LogP contribution in [0.3, 0.4) is 0 Å². The molecule has 20 heavy (non-hydrogen) atoms. The number of carboxylic acids is 1. The van der Waals surface area contributed by atoms with E-state index < -0.39 is 5.97 Å². The first-order valence-corrected chi connectivity index (χ1v) is 7.04. The number of urea groups is 1. The van der Waals surface area contributed by atoms with Crippen LogP contribution in [0.5, 0.6) is 0 Å². The summed E-state index contributed by atoms with van der Waals surface area (Å²) in [4.78, 5) is 27.1. The van der Waals surface area contributed by atoms with Crippen LogP contribution in [0.2, 0.25) is 0 Å². The van der Waals surface area contributed by atoms with Gasteiger partial charge in [-0.2, -0.15) is 0 Å². The molecule has 1 saturated heterocycles. The van der Waals surface area contributed by atoms with Crippen LogP contribution in [0.25, 0.3) is 0 Å². The molecule has 2 amide bonds. The highest BCUT2D eigenvalue weighted by molar-refractivity contribution is 5.94. The topological polar surface area (TPSA) is 60.9 Å². The molecule has 0 aliphatic carbocycles. The van der Waals surface area contributed by atoms with Crippen LogP contribution in [-0.4, -0.2) is 41.1 Å². The molecule has 5 nitrogen and oxygen atoms in total. The zero-order valence-electron chi connectivity index (χ0n) is 11.3. The first kappa shape index (κ1) is 13.0. The molecular formula is C15H18N2O3. The fourth-order valence-corrected chi connectivity index (χ4v) is 3.19. The molecule has 0 unspecified atom stereocenters. The minimum Gasteiger partial charge on any atom is -0.481 e. The third kappa shape index (κ3) is 2.24. The largest absolute Gasteiger partial charge is 0.481 e. The van der Waals surface area contributed by atoms with E-state index in [0.717, 1.165) is 24.9 Å². The van der Waals surface area contributed by atoms with Crippen molar-refractivity contribution >= 4 is 17.7 Å². The number of carboxylic acid groups (broad SMARTS) is 1. The number of benzene rings is 1. The van der Waals surface area contributed by atoms with Gasteiger partial charge in [-0.05, 0) is 30.9 Å². The van der Waals surface area contributed by atoms with Gasteiger partial charge in [-0.1, -0.05) is 18.2 Å². The van der Waals surface area contributed by atoms with Gasteiger partial charge >= 0.3 is 12.0 Å². The van der Waals surface area contributed by atoms with E-state index in [1.165, 1.54) is 5.56 Å². The predicted octanol–water partition coefficient (Wildman–Crippen LogP) is 2.11. The minimum atomic E-state index is -0.837. The first-order valence-electron chi connectivity index (χ1n) is 7.04. The molecule has 0 saturated carbocycles. The molecule has 3 rings (SSSR count). The predicted molar refractivity (Wildman–Crippen MR) is 74.9 cm³/mol. The summed E-state index contributed by atoms with van der Waals surface area (Å²) in [5, 5.41) is 8.94. The van der Waals surface area contributed by atoms with Gasteiger partial charge in [0.2, 0.25) is 0 Å². The number of rotatable bonds is 2. The molecule has 1 aromatic carbocycles. The summed E-state index contributed by atoms with van der Waals surface area (Å²) in [6, 6.07) is 7.72. The van der Waals surface area contributed by atoms with E-state index in [1.807, 2.05) is 24.3 Å². The molecule has 2 aliphatic rings. The van der Waals surface area contributed by atoms with Crippen LogP contribution in [0, 0.1) is 0 Å². The third-order valence-corrected chi connectivity index (χ3v) is 4.15. The van der Waals surface area contributed by atoms with Crippen molar-refractivity contribution in [2.45, 2.75) is 31.7 Å². The second-order valence-corrected chi connectivity index (χ2v) is 5.40. The maximum Gasteiger partial charge on any atom is 0.324 e. The Kier molecular flexibility index (Phi) is 3.34. The van der Waals surface area contributed by atoms with Crippen molar-refractivity contribution in [1.82, 2.24) is 4.90 Å². The lowest BCUT2D eigenvalue weighted by molar-refractivity contribution is -0.137. The monoisotopic (exact) mass is 274 g/mol. The number of aliphatic carboxylic acids is 1. The highest BCUT2D eigenvalue weighted by Crippen LogP contribution is 2.30. The van der Waals surface area contributed by atoms with E-state index in [1.54, 1.807) is 9.80 Å². The summed E-state index contributed by atoms with van der Waals surface area (Å²) in [5.74, 6) is -0.837. The standard InChI is InChI=1S/C15H18N2O3/c18-14(19)10-12-5-3-8-16(12)15(20)17-9-7-11-4-1-2-6-13(11)17/h1-2,4,6,12H,3,5,7-10H2,(H,18,19)/t12-/m1/s1. The van der Waals surface area contributed by atoms with Gasteiger partial charge < -0.3 is 10.0 Å². The molecule has 2 heterocycles. The van der Waals surface area contributed by atoms with Crippen molar-refractivity contribution in [3.63, 3.8) is 0 Å². The van der Waals surface area contributed by atoms with Crippen LogP contribution in [0.4, 0.5) is 10.5 Å². The summed E-state index contributed by atoms with van der Waals surface area (Å²) >= 11 is 0. The molecule has 1 atom stereocenters. The molecule has 5 heteroatoms. The molecule has 0 bridgehead atoms. The number of fused-ring (bicyclic) bond motifs is 1. The molecule has 1 fully saturated rings. The van der Waals surface area contributed by atoms with Crippen molar-refractivity contribution in [2.75, 3.05) is 18.0 Å². The van der Waals surface area contributed by atoms with E-state index >= 15 is 0 Å². The Morgan fingerprint density at radius 3 is 2.85 bits per heavy atom. The van der Waals surface area contributed by atoms with Crippen molar-refractivity contribution in [3.05, 3.63) is 29.8 Å². The number of amides is 2. The lowest BCUT2D eigenvalue weighted by Gasteiger charge is -2.29. The molecule has 0 aromatic heterocycles. The highest BCUT2D eigenvalue weighted by atomic mass is 16.4. The maximum atomic E-state index is 12.7. The van der Waals surface area contributed by atoms with Crippen LogP contribution >= 0.6 is 0 Å². The number of anilines is 1. The van der Waals surface area contributed by atoms with Gasteiger partial charge in [-0.15, -0.1) is 0 Å². The van der Waals surface area contributed by atoms with Gasteiger partial charge in [-0.25, -0.2) is 4.79 Å². The molecule has 0 radical (unpaired) electrons. The fourth-order valence-electron chi connectivity index (χ4n) is 3.19. The molecule has 2 aliphatic heterocycles. The Morgan fingerprint density at radius 1 is 1.25 bits per heavy atom. The van der Waals surface area contributed by atoms with Crippen LogP contribution < -0.4 is 4.90 Å². The van der Waals surface area contributed by atoms with Gasteiger partial charge in [0.1, 0.15) is 0 Å². The fraction of sp³-hybridized carbons (Fsp3) is 0.467. The third-order valence-electron chi connectivity index (χ3n) is 4.15. The van der Waals surface area contributed by atoms with Gasteiger partial charge in [0.05, 0.1) is 6.42 Å². The zero-order valence-corrected chi connectivity index (χ0v) is 11.3. The summed E-state index contributed by atoms with van der Waals surface area (Å²) in [6.45, 7) is 1.35. The number of hydrogen-bond donors (Lipinski definition) is 1. The quantitative estimate of drug-likeness (QED) is 0.898. The summed E-state index contributed by atoms with van der Waals surface area (Å²) in [7, 11) is 0. The number of carbonyl (C=O) groups is 2. The Balaban J connectivity index is 1.78. The number of para-hydroxylation sites is 1. The average Bonchev–Trinajstić information content (AvgIpc) is 3.03. The number of carbonyl (C=O) groups excluding carboxylic acids is 1. The lowest BCUT2D eigenvalue weighted by Crippen LogP contribution is -2.45. The van der Waals surface area contributed by atoms with Gasteiger partial charge in [-0.3, -0.25) is 9.69 Å². The Hall–Kier alpha value is -2.04. The zero-order chi connectivity index (χ0) is 14.1. The first-order chi connectivity index (χ1) is 9.66. The summed E-state index contributed by atoms with van der Waals surface area (Å²) in [6.07, 6.45) is 2.59. The van der Waals surface area contributed by atoms with Crippen molar-refractivity contribution < 1.29 is 14.7 Å². The molecular weight excluding hydrogens is 256 g/mol. The number of nitrogens with zero attached hydrogens (tertiary/aromatic N) is 2. The molecule has 106 valence electrons. The van der Waals surface area contributed by atoms with Crippen molar-refractivity contribution in [2.24, 2.45) is 0 Å². The number of likely N-dealkylation sites (tertiary alicyclic amines) is 1. The van der Waals surface area contributed by atoms with E-state index in [4.69, 9.17) is 5.11 Å². The van der Waals surface area contributed by atoms with E-state index in [0.29, 0.717) is 13.1 Å². The average molecular weight is 274 g/mol. The molecule has 1 aromatic rings. The van der Waals surface area contributed by atoms with Gasteiger partial charge in [0.15, 0.2) is 0 Å². The van der Waals surface area contributed by atoms with E-state index in [9.17, 15) is 9.59 Å². The summed E-state index contributed by atoms with van der Waals surface area (Å²) < 4.78 is 0. The lowest BCUT2D eigenvalue weighted by atomic mass is 10.1.